The van der Waals surface area contributed by atoms with E-state index in [0.717, 1.165) is 34.2 Å². The maximum absolute atomic E-state index is 15.4. The number of hydrazine groups is 1. The zero-order chi connectivity index (χ0) is 43.8. The maximum Gasteiger partial charge on any atom is 0.301 e. The van der Waals surface area contributed by atoms with Crippen LogP contribution in [0.5, 0.6) is 17.2 Å². The first kappa shape index (κ1) is 40.7. The molecule has 314 valence electrons. The number of anilines is 3. The van der Waals surface area contributed by atoms with Gasteiger partial charge in [0.15, 0.2) is 17.2 Å². The summed E-state index contributed by atoms with van der Waals surface area (Å²) in [5, 5.41) is 36.8. The van der Waals surface area contributed by atoms with Gasteiger partial charge in [-0.25, -0.2) is 9.29 Å². The zero-order valence-electron chi connectivity index (χ0n) is 32.8. The average Bonchev–Trinajstić information content (AvgIpc) is 3.61. The van der Waals surface area contributed by atoms with Crippen LogP contribution in [-0.2, 0) is 24.6 Å². The molecule has 17 nitrogen and oxygen atoms in total. The lowest BCUT2D eigenvalue weighted by atomic mass is 9.49. The number of carbonyl (C=O) groups excluding carboxylic acids is 4. The Morgan fingerprint density at radius 2 is 1.46 bits per heavy atom. The van der Waals surface area contributed by atoms with E-state index in [1.807, 2.05) is 0 Å². The van der Waals surface area contributed by atoms with Gasteiger partial charge in [-0.15, -0.1) is 0 Å². The molecule has 4 amide bonds. The summed E-state index contributed by atoms with van der Waals surface area (Å²) in [6, 6.07) is 16.3. The van der Waals surface area contributed by atoms with E-state index in [9.17, 15) is 44.1 Å². The van der Waals surface area contributed by atoms with E-state index in [2.05, 4.69) is 5.43 Å². The van der Waals surface area contributed by atoms with Crippen molar-refractivity contribution in [1.82, 2.24) is 5.01 Å². The number of carbonyl (C=O) groups is 4. The molecule has 0 aromatic heterocycles. The van der Waals surface area contributed by atoms with Crippen molar-refractivity contribution < 1.29 is 48.0 Å². The minimum Gasteiger partial charge on any atom is -0.502 e. The van der Waals surface area contributed by atoms with Gasteiger partial charge in [-0.1, -0.05) is 35.4 Å². The summed E-state index contributed by atoms with van der Waals surface area (Å²) in [7, 11) is 5.41. The number of benzene rings is 4. The lowest BCUT2D eigenvalue weighted by Gasteiger charge is -2.50. The number of nitrogens with one attached hydrogen (secondary N) is 1. The third-order valence-corrected chi connectivity index (χ3v) is 12.5. The Hall–Kier alpha value is -7.08. The smallest absolute Gasteiger partial charge is 0.301 e. The van der Waals surface area contributed by atoms with E-state index in [4.69, 9.17) is 21.1 Å². The highest BCUT2D eigenvalue weighted by Gasteiger charge is 2.70. The fourth-order valence-corrected chi connectivity index (χ4v) is 9.95. The van der Waals surface area contributed by atoms with Gasteiger partial charge in [-0.05, 0) is 78.4 Å². The Morgan fingerprint density at radius 3 is 2.00 bits per heavy atom. The fourth-order valence-electron chi connectivity index (χ4n) is 9.82. The molecule has 2 aliphatic carbocycles. The van der Waals surface area contributed by atoms with Crippen molar-refractivity contribution >= 4 is 63.7 Å². The number of hydrogen-bond acceptors (Lipinski definition) is 13. The largest absolute Gasteiger partial charge is 0.502 e. The highest BCUT2D eigenvalue weighted by atomic mass is 35.5. The van der Waals surface area contributed by atoms with E-state index in [-0.39, 0.29) is 47.2 Å². The number of ether oxygens (including phenoxy) is 2. The summed E-state index contributed by atoms with van der Waals surface area (Å²) in [6.07, 6.45) is 1.54. The maximum atomic E-state index is 15.4. The molecular formula is C42H36ClFN6O11. The number of nitro benzene ring substituents is 2. The predicted octanol–water partition coefficient (Wildman–Crippen LogP) is 6.27. The van der Waals surface area contributed by atoms with Crippen molar-refractivity contribution in [2.24, 2.45) is 23.7 Å². The quantitative estimate of drug-likeness (QED) is 0.0779. The van der Waals surface area contributed by atoms with Crippen LogP contribution in [0.4, 0.5) is 32.8 Å². The molecule has 2 aliphatic heterocycles. The molecule has 6 atom stereocenters. The fraction of sp³-hybridized carbons (Fsp3) is 0.286. The Kier molecular flexibility index (Phi) is 9.92. The SMILES string of the molecule is COc1cc([C@H]2C3=CC[C@@H]4C(=O)N(c5cc([N+](=O)[O-])c(N(C)C)c([N+](=O)[O-])c5)C(=O)[C@@H]4[C@@H]3C[C@H]3C(=O)N(Nc4ccc(F)cc4)C(=O)[C@@]23c2ccc(Cl)cc2)cc(OC)c1O. The first-order valence-corrected chi connectivity index (χ1v) is 19.3. The number of nitro groups is 2. The number of halogens is 2. The molecule has 61 heavy (non-hydrogen) atoms. The molecule has 0 spiro atoms. The Morgan fingerprint density at radius 1 is 0.869 bits per heavy atom. The molecular weight excluding hydrogens is 819 g/mol. The molecule has 2 saturated heterocycles. The standard InChI is InChI=1S/C42H36ClFN6O11/c1-46(2)36-30(49(56)57)17-25(18-31(36)50(58)59)47-38(52)27-14-13-26-28(34(27)40(47)54)19-29-39(53)48(45-24-11-9-23(44)10-12-24)41(55)42(29,21-5-7-22(43)8-6-21)35(26)20-15-32(60-3)37(51)33(16-20)61-4/h5-13,15-18,27-29,34-35,45,51H,14,19H2,1-4H3/t27-,28+,29-,34-,35-,42+/m0/s1. The van der Waals surface area contributed by atoms with Crippen LogP contribution in [0.3, 0.4) is 0 Å². The summed E-state index contributed by atoms with van der Waals surface area (Å²) in [5.74, 6) is -9.45. The molecule has 4 aromatic rings. The molecule has 3 fully saturated rings. The van der Waals surface area contributed by atoms with Crippen molar-refractivity contribution in [2.75, 3.05) is 43.5 Å². The number of allylic oxidation sites excluding steroid dienone is 2. The van der Waals surface area contributed by atoms with E-state index < -0.39 is 85.7 Å². The molecule has 0 radical (unpaired) electrons. The Balaban J connectivity index is 1.34. The minimum atomic E-state index is -1.79. The van der Waals surface area contributed by atoms with Crippen LogP contribution in [0.2, 0.25) is 5.02 Å². The van der Waals surface area contributed by atoms with Crippen molar-refractivity contribution in [3.63, 3.8) is 0 Å². The Labute approximate surface area is 351 Å². The molecule has 8 rings (SSSR count). The van der Waals surface area contributed by atoms with Crippen LogP contribution < -0.4 is 24.7 Å². The van der Waals surface area contributed by atoms with Crippen LogP contribution in [0, 0.1) is 49.7 Å². The van der Waals surface area contributed by atoms with E-state index in [1.54, 1.807) is 30.3 Å². The second-order valence-electron chi connectivity index (χ2n) is 15.4. The van der Waals surface area contributed by atoms with Crippen LogP contribution in [-0.4, -0.2) is 71.9 Å². The highest BCUT2D eigenvalue weighted by Crippen LogP contribution is 2.65. The summed E-state index contributed by atoms with van der Waals surface area (Å²) in [6.45, 7) is 0. The number of aromatic hydroxyl groups is 1. The zero-order valence-corrected chi connectivity index (χ0v) is 33.6. The molecule has 19 heteroatoms. The van der Waals surface area contributed by atoms with Gasteiger partial charge < -0.3 is 19.5 Å². The first-order valence-electron chi connectivity index (χ1n) is 18.9. The third kappa shape index (κ3) is 6.10. The molecule has 0 unspecified atom stereocenters. The molecule has 4 aliphatic rings. The second kappa shape index (κ2) is 14.9. The van der Waals surface area contributed by atoms with E-state index in [1.165, 1.54) is 57.5 Å². The number of hydrogen-bond donors (Lipinski definition) is 2. The topological polar surface area (TPSA) is 215 Å². The van der Waals surface area contributed by atoms with Gasteiger partial charge in [0.2, 0.25) is 17.6 Å². The summed E-state index contributed by atoms with van der Waals surface area (Å²) < 4.78 is 25.1. The van der Waals surface area contributed by atoms with Crippen molar-refractivity contribution in [3.8, 4) is 17.2 Å². The summed E-state index contributed by atoms with van der Waals surface area (Å²) >= 11 is 6.37. The number of phenolic OH excluding ortho intramolecular Hbond substituents is 1. The van der Waals surface area contributed by atoms with Crippen molar-refractivity contribution in [2.45, 2.75) is 24.2 Å². The molecule has 4 aromatic carbocycles. The number of fused-ring (bicyclic) bond motifs is 4. The van der Waals surface area contributed by atoms with Crippen molar-refractivity contribution in [1.29, 1.82) is 0 Å². The highest BCUT2D eigenvalue weighted by molar-refractivity contribution is 6.30. The number of phenols is 1. The van der Waals surface area contributed by atoms with Gasteiger partial charge in [0, 0.05) is 37.2 Å². The van der Waals surface area contributed by atoms with Crippen LogP contribution >= 0.6 is 11.6 Å². The van der Waals surface area contributed by atoms with Gasteiger partial charge in [-0.3, -0.25) is 44.8 Å². The number of imide groups is 2. The van der Waals surface area contributed by atoms with Gasteiger partial charge in [0.05, 0.1) is 58.6 Å². The van der Waals surface area contributed by atoms with Gasteiger partial charge in [0.25, 0.3) is 11.8 Å². The first-order chi connectivity index (χ1) is 29.0. The molecule has 2 N–H and O–H groups in total. The molecule has 0 bridgehead atoms. The Bertz CT molecular complexity index is 2540. The number of amides is 4. The number of rotatable bonds is 10. The van der Waals surface area contributed by atoms with Crippen LogP contribution in [0.1, 0.15) is 29.9 Å². The van der Waals surface area contributed by atoms with Crippen LogP contribution in [0.15, 0.2) is 84.4 Å². The third-order valence-electron chi connectivity index (χ3n) is 12.2. The lowest BCUT2D eigenvalue weighted by molar-refractivity contribution is -0.392. The monoisotopic (exact) mass is 854 g/mol. The summed E-state index contributed by atoms with van der Waals surface area (Å²) in [4.78, 5) is 84.5. The predicted molar refractivity (Wildman–Crippen MR) is 217 cm³/mol. The molecule has 1 saturated carbocycles. The number of nitrogens with zero attached hydrogens (tertiary/aromatic N) is 5. The minimum absolute atomic E-state index is 0.0331. The summed E-state index contributed by atoms with van der Waals surface area (Å²) in [5.41, 5.74) is 0.384. The second-order valence-corrected chi connectivity index (χ2v) is 15.8. The molecule has 2 heterocycles. The average molecular weight is 855 g/mol. The van der Waals surface area contributed by atoms with Crippen LogP contribution in [0.25, 0.3) is 0 Å². The van der Waals surface area contributed by atoms with E-state index >= 15 is 4.79 Å². The normalized spacial score (nSPS) is 24.2. The lowest BCUT2D eigenvalue weighted by Crippen LogP contribution is -2.53. The number of methoxy groups -OCH3 is 2. The van der Waals surface area contributed by atoms with Crippen molar-refractivity contribution in [3.05, 3.63) is 127 Å². The van der Waals surface area contributed by atoms with Gasteiger partial charge in [0.1, 0.15) is 5.82 Å². The van der Waals surface area contributed by atoms with Gasteiger partial charge >= 0.3 is 11.4 Å². The van der Waals surface area contributed by atoms with E-state index in [0.29, 0.717) is 21.7 Å². The van der Waals surface area contributed by atoms with Gasteiger partial charge in [-0.2, -0.15) is 5.01 Å².